The van der Waals surface area contributed by atoms with Crippen LogP contribution in [0.2, 0.25) is 5.02 Å². The molecule has 2 N–H and O–H groups in total. The summed E-state index contributed by atoms with van der Waals surface area (Å²) >= 11 is 9.28. The molecule has 0 aliphatic heterocycles. The molecular weight excluding hydrogens is 332 g/mol. The van der Waals surface area contributed by atoms with Crippen molar-refractivity contribution in [2.75, 3.05) is 6.61 Å². The van der Waals surface area contributed by atoms with E-state index in [1.54, 1.807) is 25.1 Å². The zero-order valence-corrected chi connectivity index (χ0v) is 12.5. The van der Waals surface area contributed by atoms with Crippen LogP contribution in [0.1, 0.15) is 11.3 Å². The van der Waals surface area contributed by atoms with Gasteiger partial charge in [-0.15, -0.1) is 0 Å². The fraction of sp³-hybridized carbons (Fsp3) is 0.231. The number of aromatic amines is 1. The zero-order valence-electron chi connectivity index (χ0n) is 10.2. The van der Waals surface area contributed by atoms with Crippen LogP contribution in [-0.2, 0) is 6.42 Å². The van der Waals surface area contributed by atoms with Crippen LogP contribution in [0, 0.1) is 6.92 Å². The molecule has 0 radical (unpaired) electrons. The van der Waals surface area contributed by atoms with Crippen LogP contribution in [0.15, 0.2) is 27.5 Å². The predicted octanol–water partition coefficient (Wildman–Crippen LogP) is 2.70. The van der Waals surface area contributed by atoms with Crippen molar-refractivity contribution in [3.63, 3.8) is 0 Å². The Morgan fingerprint density at radius 2 is 2.21 bits per heavy atom. The lowest BCUT2D eigenvalue weighted by Gasteiger charge is -2.08. The van der Waals surface area contributed by atoms with Gasteiger partial charge in [-0.2, -0.15) is 0 Å². The van der Waals surface area contributed by atoms with E-state index in [0.717, 1.165) is 10.0 Å². The quantitative estimate of drug-likeness (QED) is 0.900. The molecule has 0 unspecified atom stereocenters. The molecule has 1 heterocycles. The van der Waals surface area contributed by atoms with Crippen molar-refractivity contribution in [2.24, 2.45) is 0 Å². The van der Waals surface area contributed by atoms with Crippen LogP contribution in [0.5, 0.6) is 0 Å². The Bertz CT molecular complexity index is 670. The number of nitrogens with one attached hydrogen (secondary N) is 1. The lowest BCUT2D eigenvalue weighted by atomic mass is 10.1. The summed E-state index contributed by atoms with van der Waals surface area (Å²) in [6, 6.07) is 5.27. The second-order valence-corrected chi connectivity index (χ2v) is 5.37. The summed E-state index contributed by atoms with van der Waals surface area (Å²) in [5, 5.41) is 9.53. The molecule has 2 aromatic rings. The van der Waals surface area contributed by atoms with Crippen LogP contribution < -0.4 is 5.56 Å². The van der Waals surface area contributed by atoms with Gasteiger partial charge in [-0.1, -0.05) is 11.6 Å². The van der Waals surface area contributed by atoms with Gasteiger partial charge in [-0.05, 0) is 41.1 Å². The van der Waals surface area contributed by atoms with Crippen LogP contribution in [-0.4, -0.2) is 21.7 Å². The van der Waals surface area contributed by atoms with E-state index in [0.29, 0.717) is 28.5 Å². The van der Waals surface area contributed by atoms with Gasteiger partial charge in [0.05, 0.1) is 0 Å². The van der Waals surface area contributed by atoms with Crippen LogP contribution in [0.3, 0.4) is 0 Å². The number of rotatable bonds is 3. The smallest absolute Gasteiger partial charge is 0.254 e. The first-order chi connectivity index (χ1) is 9.02. The predicted molar refractivity (Wildman–Crippen MR) is 78.5 cm³/mol. The third-order valence-corrected chi connectivity index (χ3v) is 3.66. The minimum atomic E-state index is -0.224. The lowest BCUT2D eigenvalue weighted by molar-refractivity contribution is 0.298. The normalized spacial score (nSPS) is 10.7. The molecule has 2 rings (SSSR count). The van der Waals surface area contributed by atoms with E-state index < -0.39 is 0 Å². The molecular formula is C13H12BrClN2O2. The minimum Gasteiger partial charge on any atom is -0.396 e. The maximum Gasteiger partial charge on any atom is 0.254 e. The molecule has 100 valence electrons. The second-order valence-electron chi connectivity index (χ2n) is 4.08. The second kappa shape index (κ2) is 5.86. The lowest BCUT2D eigenvalue weighted by Crippen LogP contribution is -2.18. The Morgan fingerprint density at radius 1 is 1.47 bits per heavy atom. The number of H-pyrrole nitrogens is 1. The molecule has 0 bridgehead atoms. The largest absolute Gasteiger partial charge is 0.396 e. The number of aliphatic hydroxyl groups excluding tert-OH is 1. The summed E-state index contributed by atoms with van der Waals surface area (Å²) in [5.74, 6) is 0.479. The summed E-state index contributed by atoms with van der Waals surface area (Å²) in [6.07, 6.45) is 0.302. The Labute approximate surface area is 123 Å². The molecule has 1 aromatic heterocycles. The maximum atomic E-state index is 12.0. The first-order valence-electron chi connectivity index (χ1n) is 5.69. The average molecular weight is 344 g/mol. The number of halogens is 2. The molecule has 19 heavy (non-hydrogen) atoms. The fourth-order valence-electron chi connectivity index (χ4n) is 1.83. The van der Waals surface area contributed by atoms with Crippen molar-refractivity contribution < 1.29 is 5.11 Å². The highest BCUT2D eigenvalue weighted by Crippen LogP contribution is 2.28. The fourth-order valence-corrected chi connectivity index (χ4v) is 2.70. The van der Waals surface area contributed by atoms with Gasteiger partial charge in [0.2, 0.25) is 0 Å². The third-order valence-electron chi connectivity index (χ3n) is 2.77. The van der Waals surface area contributed by atoms with Gasteiger partial charge in [0.25, 0.3) is 5.56 Å². The molecule has 0 amide bonds. The molecule has 0 fully saturated rings. The molecule has 0 saturated heterocycles. The molecule has 6 heteroatoms. The standard InChI is InChI=1S/C13H12BrClN2O2/c1-7-9(4-5-18)13(19)17-12(16-7)10-3-2-8(15)6-11(10)14/h2-3,6,18H,4-5H2,1H3,(H,16,17,19). The topological polar surface area (TPSA) is 66.0 Å². The molecule has 0 saturated carbocycles. The number of nitrogens with zero attached hydrogens (tertiary/aromatic N) is 1. The van der Waals surface area contributed by atoms with Crippen molar-refractivity contribution in [1.82, 2.24) is 9.97 Å². The summed E-state index contributed by atoms with van der Waals surface area (Å²) < 4.78 is 0.762. The van der Waals surface area contributed by atoms with E-state index in [1.165, 1.54) is 0 Å². The van der Waals surface area contributed by atoms with Gasteiger partial charge in [-0.3, -0.25) is 4.79 Å². The summed E-state index contributed by atoms with van der Waals surface area (Å²) in [7, 11) is 0. The highest BCUT2D eigenvalue weighted by atomic mass is 79.9. The van der Waals surface area contributed by atoms with E-state index in [-0.39, 0.29) is 12.2 Å². The Hall–Kier alpha value is -1.17. The molecule has 0 spiro atoms. The van der Waals surface area contributed by atoms with Crippen molar-refractivity contribution in [2.45, 2.75) is 13.3 Å². The highest BCUT2D eigenvalue weighted by Gasteiger charge is 2.11. The first kappa shape index (κ1) is 14.2. The van der Waals surface area contributed by atoms with Crippen molar-refractivity contribution >= 4 is 27.5 Å². The SMILES string of the molecule is Cc1nc(-c2ccc(Cl)cc2Br)[nH]c(=O)c1CCO. The van der Waals surface area contributed by atoms with Crippen molar-refractivity contribution in [3.05, 3.63) is 49.3 Å². The number of hydrogen-bond donors (Lipinski definition) is 2. The summed E-state index contributed by atoms with van der Waals surface area (Å²) in [6.45, 7) is 1.68. The molecule has 0 aliphatic rings. The van der Waals surface area contributed by atoms with E-state index in [2.05, 4.69) is 25.9 Å². The van der Waals surface area contributed by atoms with E-state index in [4.69, 9.17) is 16.7 Å². The van der Waals surface area contributed by atoms with Crippen LogP contribution in [0.4, 0.5) is 0 Å². The molecule has 4 nitrogen and oxygen atoms in total. The van der Waals surface area contributed by atoms with Gasteiger partial charge in [-0.25, -0.2) is 4.98 Å². The molecule has 0 atom stereocenters. The summed E-state index contributed by atoms with van der Waals surface area (Å²) in [4.78, 5) is 19.1. The highest BCUT2D eigenvalue weighted by molar-refractivity contribution is 9.10. The van der Waals surface area contributed by atoms with Gasteiger partial charge in [0.1, 0.15) is 5.82 Å². The number of aromatic nitrogens is 2. The molecule has 0 aliphatic carbocycles. The number of aryl methyl sites for hydroxylation is 1. The van der Waals surface area contributed by atoms with Crippen molar-refractivity contribution in [1.29, 1.82) is 0 Å². The monoisotopic (exact) mass is 342 g/mol. The van der Waals surface area contributed by atoms with E-state index in [9.17, 15) is 4.79 Å². The van der Waals surface area contributed by atoms with E-state index >= 15 is 0 Å². The van der Waals surface area contributed by atoms with Crippen LogP contribution in [0.25, 0.3) is 11.4 Å². The summed E-state index contributed by atoms with van der Waals surface area (Å²) in [5.41, 5.74) is 1.67. The maximum absolute atomic E-state index is 12.0. The Morgan fingerprint density at radius 3 is 2.79 bits per heavy atom. The Balaban J connectivity index is 2.55. The number of hydrogen-bond acceptors (Lipinski definition) is 3. The first-order valence-corrected chi connectivity index (χ1v) is 6.86. The van der Waals surface area contributed by atoms with Crippen molar-refractivity contribution in [3.8, 4) is 11.4 Å². The van der Waals surface area contributed by atoms with Crippen LogP contribution >= 0.6 is 27.5 Å². The average Bonchev–Trinajstić information content (AvgIpc) is 2.33. The third kappa shape index (κ3) is 3.05. The zero-order chi connectivity index (χ0) is 14.0. The molecule has 1 aromatic carbocycles. The van der Waals surface area contributed by atoms with Gasteiger partial charge in [0, 0.05) is 39.3 Å². The minimum absolute atomic E-state index is 0.0738. The Kier molecular flexibility index (Phi) is 4.39. The van der Waals surface area contributed by atoms with Gasteiger partial charge < -0.3 is 10.1 Å². The number of benzene rings is 1. The van der Waals surface area contributed by atoms with Gasteiger partial charge in [0.15, 0.2) is 0 Å². The van der Waals surface area contributed by atoms with E-state index in [1.807, 2.05) is 0 Å². The number of aliphatic hydroxyl groups is 1. The van der Waals surface area contributed by atoms with Gasteiger partial charge >= 0.3 is 0 Å².